The molecule has 146 valence electrons. The predicted octanol–water partition coefficient (Wildman–Crippen LogP) is 0.609. The second kappa shape index (κ2) is 8.17. The predicted molar refractivity (Wildman–Crippen MR) is 101 cm³/mol. The van der Waals surface area contributed by atoms with Crippen LogP contribution in [-0.4, -0.2) is 33.8 Å². The molecule has 1 heterocycles. The van der Waals surface area contributed by atoms with Gasteiger partial charge in [0.2, 0.25) is 11.7 Å². The third-order valence-electron chi connectivity index (χ3n) is 3.94. The van der Waals surface area contributed by atoms with Gasteiger partial charge in [0.1, 0.15) is 6.04 Å². The van der Waals surface area contributed by atoms with E-state index in [0.29, 0.717) is 17.5 Å². The molecule has 9 nitrogen and oxygen atoms in total. The Morgan fingerprint density at radius 2 is 1.85 bits per heavy atom. The Hall–Kier alpha value is -2.94. The van der Waals surface area contributed by atoms with Crippen molar-refractivity contribution in [3.63, 3.8) is 0 Å². The van der Waals surface area contributed by atoms with E-state index in [1.54, 1.807) is 22.8 Å². The minimum Gasteiger partial charge on any atom is -0.370 e. The van der Waals surface area contributed by atoms with Crippen LogP contribution >= 0.6 is 0 Å². The van der Waals surface area contributed by atoms with Gasteiger partial charge in [-0.05, 0) is 24.0 Å². The van der Waals surface area contributed by atoms with Crippen molar-refractivity contribution in [1.82, 2.24) is 20.4 Å². The summed E-state index contributed by atoms with van der Waals surface area (Å²) in [6.45, 7) is 6.20. The number of nitrogens with two attached hydrogens (primary N) is 2. The molecule has 0 radical (unpaired) electrons. The normalized spacial score (nSPS) is 12.7. The van der Waals surface area contributed by atoms with Crippen molar-refractivity contribution < 1.29 is 14.4 Å². The number of amides is 3. The maximum absolute atomic E-state index is 12.9. The van der Waals surface area contributed by atoms with Crippen molar-refractivity contribution in [1.29, 1.82) is 0 Å². The molecular formula is C18H26N6O3. The molecule has 1 aromatic heterocycles. The number of primary amides is 2. The fourth-order valence-electron chi connectivity index (χ4n) is 2.83. The first-order valence-corrected chi connectivity index (χ1v) is 8.68. The average molecular weight is 374 g/mol. The lowest BCUT2D eigenvalue weighted by molar-refractivity contribution is -0.126. The summed E-state index contributed by atoms with van der Waals surface area (Å²) in [7, 11) is 0. The molecule has 1 unspecified atom stereocenters. The van der Waals surface area contributed by atoms with Crippen molar-refractivity contribution in [2.45, 2.75) is 39.7 Å². The van der Waals surface area contributed by atoms with Crippen LogP contribution in [0.1, 0.15) is 50.3 Å². The molecule has 2 rings (SSSR count). The van der Waals surface area contributed by atoms with Gasteiger partial charge in [-0.2, -0.15) is 0 Å². The summed E-state index contributed by atoms with van der Waals surface area (Å²) in [5, 5.41) is 0. The van der Waals surface area contributed by atoms with Gasteiger partial charge in [-0.3, -0.25) is 19.8 Å². The number of hydrogen-bond acceptors (Lipinski definition) is 5. The van der Waals surface area contributed by atoms with Crippen LogP contribution in [0.5, 0.6) is 0 Å². The molecule has 2 aromatic rings. The number of para-hydroxylation sites is 2. The van der Waals surface area contributed by atoms with E-state index in [9.17, 15) is 14.4 Å². The topological polar surface area (TPSA) is 145 Å². The zero-order valence-corrected chi connectivity index (χ0v) is 15.8. The maximum atomic E-state index is 12.9. The number of fused-ring (bicyclic) bond motifs is 1. The molecule has 9 heteroatoms. The van der Waals surface area contributed by atoms with Crippen molar-refractivity contribution in [2.24, 2.45) is 16.9 Å². The largest absolute Gasteiger partial charge is 0.370 e. The molecule has 0 aliphatic rings. The Balaban J connectivity index is 2.41. The number of nitrogens with one attached hydrogen (secondary N) is 2. The van der Waals surface area contributed by atoms with E-state index >= 15 is 0 Å². The van der Waals surface area contributed by atoms with Gasteiger partial charge in [-0.25, -0.2) is 10.4 Å². The van der Waals surface area contributed by atoms with Crippen molar-refractivity contribution >= 4 is 28.8 Å². The number of hydrogen-bond donors (Lipinski definition) is 4. The van der Waals surface area contributed by atoms with E-state index in [1.807, 2.05) is 26.8 Å². The minimum absolute atomic E-state index is 0.0257. The Morgan fingerprint density at radius 3 is 2.44 bits per heavy atom. The second-order valence-corrected chi connectivity index (χ2v) is 7.57. The zero-order valence-electron chi connectivity index (χ0n) is 15.8. The van der Waals surface area contributed by atoms with Crippen molar-refractivity contribution in [3.05, 3.63) is 30.1 Å². The standard InChI is InChI=1S/C18H26N6O3/c1-18(2,3)10-13(17(27)23-21-9-8-14(19)25)24-12-7-5-4-6-11(12)22-16(24)15(20)26/h4-7,13,21H,8-10H2,1-3H3,(H2,19,25)(H2,20,26)(H,23,27). The lowest BCUT2D eigenvalue weighted by atomic mass is 9.87. The SMILES string of the molecule is CC(C)(C)CC(C(=O)NNCCC(N)=O)n1c(C(N)=O)nc2ccccc21. The van der Waals surface area contributed by atoms with E-state index in [1.165, 1.54) is 0 Å². The van der Waals surface area contributed by atoms with E-state index in [4.69, 9.17) is 11.5 Å². The van der Waals surface area contributed by atoms with Gasteiger partial charge in [-0.15, -0.1) is 0 Å². The first kappa shape index (κ1) is 20.4. The van der Waals surface area contributed by atoms with E-state index < -0.39 is 17.9 Å². The zero-order chi connectivity index (χ0) is 20.2. The first-order chi connectivity index (χ1) is 12.6. The highest BCUT2D eigenvalue weighted by atomic mass is 16.2. The van der Waals surface area contributed by atoms with Crippen molar-refractivity contribution in [3.8, 4) is 0 Å². The van der Waals surface area contributed by atoms with Crippen LogP contribution in [0.15, 0.2) is 24.3 Å². The summed E-state index contributed by atoms with van der Waals surface area (Å²) in [6, 6.07) is 6.44. The summed E-state index contributed by atoms with van der Waals surface area (Å²) < 4.78 is 1.58. The number of nitrogens with zero attached hydrogens (tertiary/aromatic N) is 2. The molecule has 0 bridgehead atoms. The van der Waals surface area contributed by atoms with E-state index in [2.05, 4.69) is 15.8 Å². The van der Waals surface area contributed by atoms with E-state index in [0.717, 1.165) is 0 Å². The number of hydrazine groups is 1. The van der Waals surface area contributed by atoms with Crippen LogP contribution in [0.25, 0.3) is 11.0 Å². The van der Waals surface area contributed by atoms with Gasteiger partial charge in [0.25, 0.3) is 11.8 Å². The number of carbonyl (C=O) groups is 3. The lowest BCUT2D eigenvalue weighted by Gasteiger charge is -2.27. The summed E-state index contributed by atoms with van der Waals surface area (Å²) in [4.78, 5) is 40.0. The van der Waals surface area contributed by atoms with Crippen LogP contribution in [0.4, 0.5) is 0 Å². The van der Waals surface area contributed by atoms with Crippen molar-refractivity contribution in [2.75, 3.05) is 6.54 Å². The van der Waals surface area contributed by atoms with Crippen LogP contribution in [0.3, 0.4) is 0 Å². The maximum Gasteiger partial charge on any atom is 0.284 e. The Morgan fingerprint density at radius 1 is 1.19 bits per heavy atom. The summed E-state index contributed by atoms with van der Waals surface area (Å²) >= 11 is 0. The molecular weight excluding hydrogens is 348 g/mol. The monoisotopic (exact) mass is 374 g/mol. The van der Waals surface area contributed by atoms with Crippen LogP contribution < -0.4 is 22.3 Å². The van der Waals surface area contributed by atoms with Gasteiger partial charge < -0.3 is 16.0 Å². The highest BCUT2D eigenvalue weighted by Crippen LogP contribution is 2.31. The van der Waals surface area contributed by atoms with Gasteiger partial charge in [0.15, 0.2) is 0 Å². The number of imidazole rings is 1. The molecule has 0 aliphatic heterocycles. The fourth-order valence-corrected chi connectivity index (χ4v) is 2.83. The molecule has 0 saturated carbocycles. The highest BCUT2D eigenvalue weighted by molar-refractivity contribution is 5.95. The van der Waals surface area contributed by atoms with Gasteiger partial charge in [-0.1, -0.05) is 32.9 Å². The summed E-state index contributed by atoms with van der Waals surface area (Å²) in [5.41, 5.74) is 16.9. The number of rotatable bonds is 8. The molecule has 0 spiro atoms. The molecule has 1 aromatic carbocycles. The lowest BCUT2D eigenvalue weighted by Crippen LogP contribution is -2.44. The Labute approximate surface area is 157 Å². The number of benzene rings is 1. The Bertz CT molecular complexity index is 852. The van der Waals surface area contributed by atoms with Crippen LogP contribution in [0.2, 0.25) is 0 Å². The molecule has 6 N–H and O–H groups in total. The van der Waals surface area contributed by atoms with Crippen LogP contribution in [0, 0.1) is 5.41 Å². The second-order valence-electron chi connectivity index (χ2n) is 7.57. The average Bonchev–Trinajstić information content (AvgIpc) is 2.95. The highest BCUT2D eigenvalue weighted by Gasteiger charge is 2.31. The fraction of sp³-hybridized carbons (Fsp3) is 0.444. The number of carbonyl (C=O) groups excluding carboxylic acids is 3. The van der Waals surface area contributed by atoms with Gasteiger partial charge in [0, 0.05) is 13.0 Å². The molecule has 0 fully saturated rings. The van der Waals surface area contributed by atoms with Gasteiger partial charge in [0.05, 0.1) is 11.0 Å². The molecule has 3 amide bonds. The van der Waals surface area contributed by atoms with E-state index in [-0.39, 0.29) is 30.1 Å². The molecule has 0 aliphatic carbocycles. The van der Waals surface area contributed by atoms with Crippen LogP contribution in [-0.2, 0) is 9.59 Å². The smallest absolute Gasteiger partial charge is 0.284 e. The summed E-state index contributed by atoms with van der Waals surface area (Å²) in [6.07, 6.45) is 0.529. The summed E-state index contributed by atoms with van der Waals surface area (Å²) in [5.74, 6) is -1.52. The first-order valence-electron chi connectivity index (χ1n) is 8.68. The van der Waals surface area contributed by atoms with Gasteiger partial charge >= 0.3 is 0 Å². The number of aromatic nitrogens is 2. The Kier molecular flexibility index (Phi) is 6.17. The molecule has 27 heavy (non-hydrogen) atoms. The third-order valence-corrected chi connectivity index (χ3v) is 3.94. The quantitative estimate of drug-likeness (QED) is 0.395. The molecule has 0 saturated heterocycles. The molecule has 1 atom stereocenters. The third kappa shape index (κ3) is 5.27. The minimum atomic E-state index is -0.721.